The molecule has 0 aliphatic carbocycles. The van der Waals surface area contributed by atoms with Gasteiger partial charge in [-0.3, -0.25) is 4.79 Å². The molecule has 0 fully saturated rings. The van der Waals surface area contributed by atoms with Gasteiger partial charge in [-0.2, -0.15) is 9.63 Å². The third-order valence-corrected chi connectivity index (χ3v) is 3.00. The highest BCUT2D eigenvalue weighted by molar-refractivity contribution is 6.30. The van der Waals surface area contributed by atoms with E-state index in [1.165, 1.54) is 10.6 Å². The van der Waals surface area contributed by atoms with Crippen molar-refractivity contribution in [3.63, 3.8) is 0 Å². The molecule has 0 saturated carbocycles. The number of H-pyrrole nitrogens is 1. The molecule has 3 aromatic rings. The van der Waals surface area contributed by atoms with Crippen LogP contribution in [0.4, 0.5) is 23.0 Å². The van der Waals surface area contributed by atoms with Gasteiger partial charge in [-0.1, -0.05) is 11.6 Å². The predicted octanol–water partition coefficient (Wildman–Crippen LogP) is 2.26. The summed E-state index contributed by atoms with van der Waals surface area (Å²) in [5.74, 6) is 0.273. The minimum Gasteiger partial charge on any atom is -0.383 e. The third kappa shape index (κ3) is 2.43. The molecule has 2 heterocycles. The summed E-state index contributed by atoms with van der Waals surface area (Å²) in [6.45, 7) is 0. The molecule has 9 heteroatoms. The van der Waals surface area contributed by atoms with Crippen molar-refractivity contribution in [2.45, 2.75) is 0 Å². The maximum atomic E-state index is 11.5. The zero-order valence-corrected chi connectivity index (χ0v) is 11.4. The van der Waals surface area contributed by atoms with Gasteiger partial charge in [-0.15, -0.1) is 10.2 Å². The number of rotatable bonds is 2. The molecule has 0 amide bonds. The van der Waals surface area contributed by atoms with Gasteiger partial charge < -0.3 is 16.5 Å². The van der Waals surface area contributed by atoms with E-state index >= 15 is 0 Å². The standard InChI is InChI=1S/C12H10ClN7O/c13-6-1-3-7(4-2-6)17-18-10-11(15)19-20-8(14)5-9(21)16-12(10)20/h1-5H,14H2,(H2,15,19)(H,16,21). The average molecular weight is 304 g/mol. The number of hydrogen-bond acceptors (Lipinski definition) is 6. The van der Waals surface area contributed by atoms with Crippen molar-refractivity contribution in [2.24, 2.45) is 10.2 Å². The summed E-state index contributed by atoms with van der Waals surface area (Å²) >= 11 is 5.79. The van der Waals surface area contributed by atoms with Gasteiger partial charge in [-0.05, 0) is 24.3 Å². The Balaban J connectivity index is 2.10. The lowest BCUT2D eigenvalue weighted by atomic mass is 10.3. The van der Waals surface area contributed by atoms with Gasteiger partial charge in [0.05, 0.1) is 5.69 Å². The van der Waals surface area contributed by atoms with Crippen LogP contribution >= 0.6 is 11.6 Å². The number of nitrogens with two attached hydrogens (primary N) is 2. The first-order valence-corrected chi connectivity index (χ1v) is 6.27. The molecule has 0 atom stereocenters. The highest BCUT2D eigenvalue weighted by Gasteiger charge is 2.12. The van der Waals surface area contributed by atoms with Gasteiger partial charge >= 0.3 is 0 Å². The Morgan fingerprint density at radius 3 is 2.62 bits per heavy atom. The summed E-state index contributed by atoms with van der Waals surface area (Å²) in [7, 11) is 0. The Bertz CT molecular complexity index is 894. The van der Waals surface area contributed by atoms with Gasteiger partial charge in [0, 0.05) is 11.1 Å². The highest BCUT2D eigenvalue weighted by Crippen LogP contribution is 2.28. The number of nitrogen functional groups attached to an aromatic ring is 2. The minimum absolute atomic E-state index is 0.112. The summed E-state index contributed by atoms with van der Waals surface area (Å²) < 4.78 is 1.30. The normalized spacial score (nSPS) is 11.5. The number of azo groups is 1. The quantitative estimate of drug-likeness (QED) is 0.627. The SMILES string of the molecule is Nc1nn2c(N)cc(=O)[nH]c2c1N=Nc1ccc(Cl)cc1. The van der Waals surface area contributed by atoms with E-state index in [2.05, 4.69) is 20.3 Å². The molecule has 8 nitrogen and oxygen atoms in total. The summed E-state index contributed by atoms with van der Waals surface area (Å²) in [6.07, 6.45) is 0. The van der Waals surface area contributed by atoms with Gasteiger partial charge in [0.1, 0.15) is 5.82 Å². The summed E-state index contributed by atoms with van der Waals surface area (Å²) in [5.41, 5.74) is 12.2. The lowest BCUT2D eigenvalue weighted by Gasteiger charge is -1.96. The predicted molar refractivity (Wildman–Crippen MR) is 80.3 cm³/mol. The number of fused-ring (bicyclic) bond motifs is 1. The maximum absolute atomic E-state index is 11.5. The number of benzene rings is 1. The Labute approximate surface area is 123 Å². The fourth-order valence-corrected chi connectivity index (χ4v) is 1.91. The first-order valence-electron chi connectivity index (χ1n) is 5.89. The molecule has 3 rings (SSSR count). The molecule has 0 spiro atoms. The van der Waals surface area contributed by atoms with Crippen molar-refractivity contribution < 1.29 is 0 Å². The van der Waals surface area contributed by atoms with E-state index in [0.717, 1.165) is 0 Å². The molecule has 5 N–H and O–H groups in total. The maximum Gasteiger partial charge on any atom is 0.253 e. The van der Waals surface area contributed by atoms with Crippen molar-refractivity contribution in [1.29, 1.82) is 0 Å². The summed E-state index contributed by atoms with van der Waals surface area (Å²) in [6, 6.07) is 7.99. The zero-order valence-electron chi connectivity index (χ0n) is 10.6. The van der Waals surface area contributed by atoms with Crippen molar-refractivity contribution >= 4 is 40.3 Å². The van der Waals surface area contributed by atoms with Gasteiger partial charge in [0.25, 0.3) is 5.56 Å². The zero-order chi connectivity index (χ0) is 15.0. The Morgan fingerprint density at radius 1 is 1.19 bits per heavy atom. The van der Waals surface area contributed by atoms with Crippen molar-refractivity contribution in [3.05, 3.63) is 45.7 Å². The molecule has 0 unspecified atom stereocenters. The number of aromatic amines is 1. The van der Waals surface area contributed by atoms with Crippen molar-refractivity contribution in [3.8, 4) is 0 Å². The molecular weight excluding hydrogens is 294 g/mol. The number of hydrogen-bond donors (Lipinski definition) is 3. The molecule has 0 radical (unpaired) electrons. The van der Waals surface area contributed by atoms with E-state index in [1.54, 1.807) is 24.3 Å². The second kappa shape index (κ2) is 4.91. The average Bonchev–Trinajstić information content (AvgIpc) is 2.75. The number of halogens is 1. The lowest BCUT2D eigenvalue weighted by Crippen LogP contribution is -2.10. The fraction of sp³-hybridized carbons (Fsp3) is 0. The third-order valence-electron chi connectivity index (χ3n) is 2.74. The van der Waals surface area contributed by atoms with Crippen molar-refractivity contribution in [2.75, 3.05) is 11.5 Å². The minimum atomic E-state index is -0.372. The van der Waals surface area contributed by atoms with E-state index < -0.39 is 0 Å². The van der Waals surface area contributed by atoms with Crippen LogP contribution in [0.3, 0.4) is 0 Å². The van der Waals surface area contributed by atoms with Gasteiger partial charge in [-0.25, -0.2) is 0 Å². The van der Waals surface area contributed by atoms with Crippen LogP contribution in [0.1, 0.15) is 0 Å². The molecule has 0 aliphatic heterocycles. The topological polar surface area (TPSA) is 127 Å². The molecule has 106 valence electrons. The lowest BCUT2D eigenvalue weighted by molar-refractivity contribution is 0.949. The second-order valence-electron chi connectivity index (χ2n) is 4.23. The van der Waals surface area contributed by atoms with E-state index in [9.17, 15) is 4.79 Å². The van der Waals surface area contributed by atoms with Crippen LogP contribution < -0.4 is 17.0 Å². The second-order valence-corrected chi connectivity index (χ2v) is 4.67. The molecule has 1 aromatic carbocycles. The number of anilines is 2. The van der Waals surface area contributed by atoms with Crippen LogP contribution in [0.15, 0.2) is 45.4 Å². The summed E-state index contributed by atoms with van der Waals surface area (Å²) in [4.78, 5) is 14.0. The number of nitrogens with one attached hydrogen (secondary N) is 1. The molecular formula is C12H10ClN7O. The first-order chi connectivity index (χ1) is 10.0. The Kier molecular flexibility index (Phi) is 3.07. The van der Waals surface area contributed by atoms with E-state index in [4.69, 9.17) is 23.1 Å². The Morgan fingerprint density at radius 2 is 1.90 bits per heavy atom. The monoisotopic (exact) mass is 303 g/mol. The van der Waals surface area contributed by atoms with E-state index in [1.807, 2.05) is 0 Å². The van der Waals surface area contributed by atoms with Crippen molar-refractivity contribution in [1.82, 2.24) is 14.6 Å². The Hall–Kier alpha value is -2.87. The van der Waals surface area contributed by atoms with E-state index in [-0.39, 0.29) is 28.5 Å². The largest absolute Gasteiger partial charge is 0.383 e. The van der Waals surface area contributed by atoms with Crippen LogP contribution in [0.25, 0.3) is 5.65 Å². The van der Waals surface area contributed by atoms with Crippen LogP contribution in [0, 0.1) is 0 Å². The number of aromatic nitrogens is 3. The van der Waals surface area contributed by atoms with Crippen LogP contribution in [0.2, 0.25) is 5.02 Å². The molecule has 2 aromatic heterocycles. The van der Waals surface area contributed by atoms with Crippen LogP contribution in [0.5, 0.6) is 0 Å². The molecule has 0 bridgehead atoms. The van der Waals surface area contributed by atoms with Gasteiger partial charge in [0.15, 0.2) is 17.2 Å². The van der Waals surface area contributed by atoms with Crippen LogP contribution in [-0.2, 0) is 0 Å². The smallest absolute Gasteiger partial charge is 0.253 e. The molecule has 21 heavy (non-hydrogen) atoms. The number of nitrogens with zero attached hydrogens (tertiary/aromatic N) is 4. The van der Waals surface area contributed by atoms with E-state index in [0.29, 0.717) is 10.7 Å². The summed E-state index contributed by atoms with van der Waals surface area (Å²) in [5, 5.41) is 12.7. The van der Waals surface area contributed by atoms with Gasteiger partial charge in [0.2, 0.25) is 0 Å². The fourth-order valence-electron chi connectivity index (χ4n) is 1.79. The molecule has 0 saturated heterocycles. The highest BCUT2D eigenvalue weighted by atomic mass is 35.5. The van der Waals surface area contributed by atoms with Crippen LogP contribution in [-0.4, -0.2) is 14.6 Å². The first kappa shape index (κ1) is 13.1. The molecule has 0 aliphatic rings.